The van der Waals surface area contributed by atoms with Gasteiger partial charge in [-0.25, -0.2) is 9.97 Å². The van der Waals surface area contributed by atoms with E-state index in [0.717, 1.165) is 76.2 Å². The molecule has 0 amide bonds. The summed E-state index contributed by atoms with van der Waals surface area (Å²) >= 11 is 1.55. The van der Waals surface area contributed by atoms with Crippen LogP contribution in [-0.2, 0) is 11.2 Å². The minimum absolute atomic E-state index is 0.474. The molecule has 2 saturated heterocycles. The molecule has 2 aromatic heterocycles. The zero-order valence-corrected chi connectivity index (χ0v) is 16.7. The average Bonchev–Trinajstić information content (AvgIpc) is 3.24. The molecule has 8 heteroatoms. The Morgan fingerprint density at radius 2 is 2.04 bits per heavy atom. The smallest absolute Gasteiger partial charge is 0.213 e. The lowest BCUT2D eigenvalue weighted by atomic mass is 10.00. The third-order valence-electron chi connectivity index (χ3n) is 5.39. The molecule has 0 unspecified atom stereocenters. The Morgan fingerprint density at radius 3 is 2.81 bits per heavy atom. The van der Waals surface area contributed by atoms with Gasteiger partial charge in [-0.15, -0.1) is 0 Å². The van der Waals surface area contributed by atoms with Crippen LogP contribution in [0.1, 0.15) is 30.1 Å². The Labute approximate surface area is 164 Å². The van der Waals surface area contributed by atoms with Crippen LogP contribution in [0.25, 0.3) is 0 Å². The van der Waals surface area contributed by atoms with Crippen molar-refractivity contribution in [2.75, 3.05) is 57.9 Å². The molecule has 0 radical (unpaired) electrons. The van der Waals surface area contributed by atoms with E-state index < -0.39 is 0 Å². The van der Waals surface area contributed by atoms with Crippen molar-refractivity contribution in [1.82, 2.24) is 19.2 Å². The minimum atomic E-state index is 0.474. The Morgan fingerprint density at radius 1 is 1.22 bits per heavy atom. The fraction of sp³-hybridized carbons (Fsp3) is 0.632. The highest BCUT2D eigenvalue weighted by Gasteiger charge is 2.24. The van der Waals surface area contributed by atoms with E-state index in [9.17, 15) is 0 Å². The summed E-state index contributed by atoms with van der Waals surface area (Å²) in [7, 11) is 1.66. The molecule has 0 spiro atoms. The molecule has 146 valence electrons. The second kappa shape index (κ2) is 8.95. The maximum Gasteiger partial charge on any atom is 0.213 e. The zero-order chi connectivity index (χ0) is 18.5. The predicted molar refractivity (Wildman–Crippen MR) is 106 cm³/mol. The fourth-order valence-electron chi connectivity index (χ4n) is 3.64. The number of hydrogen-bond donors (Lipinski definition) is 0. The Kier molecular flexibility index (Phi) is 6.16. The number of nitrogens with zero attached hydrogens (tertiary/aromatic N) is 5. The lowest BCUT2D eigenvalue weighted by Gasteiger charge is -2.34. The second-order valence-electron chi connectivity index (χ2n) is 7.11. The molecule has 0 saturated carbocycles. The first-order chi connectivity index (χ1) is 13.3. The summed E-state index contributed by atoms with van der Waals surface area (Å²) in [6, 6.07) is 4.09. The number of aromatic nitrogens is 3. The van der Waals surface area contributed by atoms with Gasteiger partial charge < -0.3 is 14.4 Å². The number of piperazine rings is 1. The van der Waals surface area contributed by atoms with Gasteiger partial charge in [-0.1, -0.05) is 0 Å². The van der Waals surface area contributed by atoms with Crippen LogP contribution in [0.3, 0.4) is 0 Å². The van der Waals surface area contributed by atoms with E-state index in [0.29, 0.717) is 11.8 Å². The van der Waals surface area contributed by atoms with E-state index in [2.05, 4.69) is 25.2 Å². The predicted octanol–water partition coefficient (Wildman–Crippen LogP) is 2.20. The highest BCUT2D eigenvalue weighted by molar-refractivity contribution is 7.09. The SMILES string of the molecule is COc1cc(CCN2CCN(c3nc(C4CCOCC4)ns3)CC2)ccn1. The Balaban J connectivity index is 1.25. The first-order valence-corrected chi connectivity index (χ1v) is 10.5. The maximum atomic E-state index is 5.45. The number of anilines is 1. The number of rotatable bonds is 6. The third-order valence-corrected chi connectivity index (χ3v) is 6.18. The number of methoxy groups -OCH3 is 1. The second-order valence-corrected chi connectivity index (χ2v) is 7.84. The molecule has 0 N–H and O–H groups in total. The van der Waals surface area contributed by atoms with Gasteiger partial charge >= 0.3 is 0 Å². The zero-order valence-electron chi connectivity index (χ0n) is 15.8. The van der Waals surface area contributed by atoms with E-state index in [1.807, 2.05) is 12.3 Å². The lowest BCUT2D eigenvalue weighted by Crippen LogP contribution is -2.47. The van der Waals surface area contributed by atoms with Crippen LogP contribution < -0.4 is 9.64 Å². The molecule has 4 heterocycles. The summed E-state index contributed by atoms with van der Waals surface area (Å²) in [5.74, 6) is 2.18. The quantitative estimate of drug-likeness (QED) is 0.750. The molecule has 2 fully saturated rings. The van der Waals surface area contributed by atoms with Gasteiger partial charge in [0.2, 0.25) is 11.0 Å². The average molecular weight is 390 g/mol. The lowest BCUT2D eigenvalue weighted by molar-refractivity contribution is 0.0838. The van der Waals surface area contributed by atoms with Gasteiger partial charge in [0.15, 0.2) is 0 Å². The molecule has 7 nitrogen and oxygen atoms in total. The molecule has 0 aromatic carbocycles. The van der Waals surface area contributed by atoms with E-state index in [-0.39, 0.29) is 0 Å². The molecule has 27 heavy (non-hydrogen) atoms. The molecular formula is C19H27N5O2S. The summed E-state index contributed by atoms with van der Waals surface area (Å²) in [5, 5.41) is 1.08. The van der Waals surface area contributed by atoms with Crippen molar-refractivity contribution >= 4 is 16.7 Å². The number of hydrogen-bond acceptors (Lipinski definition) is 8. The summed E-state index contributed by atoms with van der Waals surface area (Å²) in [6.07, 6.45) is 4.93. The summed E-state index contributed by atoms with van der Waals surface area (Å²) in [6.45, 7) is 6.89. The normalized spacial score (nSPS) is 19.4. The molecule has 0 bridgehead atoms. The minimum Gasteiger partial charge on any atom is -0.481 e. The van der Waals surface area contributed by atoms with Gasteiger partial charge in [0, 0.05) is 75.7 Å². The van der Waals surface area contributed by atoms with Crippen LogP contribution in [0.2, 0.25) is 0 Å². The van der Waals surface area contributed by atoms with Crippen LogP contribution in [0.5, 0.6) is 5.88 Å². The van der Waals surface area contributed by atoms with Gasteiger partial charge in [-0.2, -0.15) is 4.37 Å². The summed E-state index contributed by atoms with van der Waals surface area (Å²) in [5.41, 5.74) is 1.27. The molecule has 2 aromatic rings. The molecule has 4 rings (SSSR count). The van der Waals surface area contributed by atoms with E-state index in [1.165, 1.54) is 5.56 Å². The van der Waals surface area contributed by atoms with Crippen molar-refractivity contribution in [1.29, 1.82) is 0 Å². The highest BCUT2D eigenvalue weighted by Crippen LogP contribution is 2.28. The standard InChI is InChI=1S/C19H27N5O2S/c1-25-17-14-15(2-6-20-17)3-7-23-8-10-24(11-9-23)19-21-18(22-27-19)16-4-12-26-13-5-16/h2,6,14,16H,3-5,7-13H2,1H3. The molecule has 0 atom stereocenters. The van der Waals surface area contributed by atoms with Crippen molar-refractivity contribution < 1.29 is 9.47 Å². The van der Waals surface area contributed by atoms with Crippen molar-refractivity contribution in [2.24, 2.45) is 0 Å². The Hall–Kier alpha value is -1.77. The number of ether oxygens (including phenoxy) is 2. The largest absolute Gasteiger partial charge is 0.481 e. The maximum absolute atomic E-state index is 5.45. The van der Waals surface area contributed by atoms with Crippen molar-refractivity contribution in [2.45, 2.75) is 25.2 Å². The summed E-state index contributed by atoms with van der Waals surface area (Å²) in [4.78, 5) is 13.9. The van der Waals surface area contributed by atoms with Gasteiger partial charge in [0.25, 0.3) is 0 Å². The van der Waals surface area contributed by atoms with Gasteiger partial charge in [-0.3, -0.25) is 4.90 Å². The first kappa shape index (κ1) is 18.6. The fourth-order valence-corrected chi connectivity index (χ4v) is 4.44. The molecule has 2 aliphatic rings. The van der Waals surface area contributed by atoms with Crippen LogP contribution >= 0.6 is 11.5 Å². The number of pyridine rings is 1. The molecular weight excluding hydrogens is 362 g/mol. The highest BCUT2D eigenvalue weighted by atomic mass is 32.1. The van der Waals surface area contributed by atoms with E-state index in [1.54, 1.807) is 18.6 Å². The molecule has 2 aliphatic heterocycles. The molecule has 0 aliphatic carbocycles. The van der Waals surface area contributed by atoms with Gasteiger partial charge in [0.1, 0.15) is 5.82 Å². The summed E-state index contributed by atoms with van der Waals surface area (Å²) < 4.78 is 15.3. The van der Waals surface area contributed by atoms with Crippen molar-refractivity contribution in [3.63, 3.8) is 0 Å². The third kappa shape index (κ3) is 4.75. The van der Waals surface area contributed by atoms with Gasteiger partial charge in [0.05, 0.1) is 7.11 Å². The van der Waals surface area contributed by atoms with E-state index >= 15 is 0 Å². The van der Waals surface area contributed by atoms with Crippen LogP contribution in [0.4, 0.5) is 5.13 Å². The van der Waals surface area contributed by atoms with Crippen molar-refractivity contribution in [3.8, 4) is 5.88 Å². The van der Waals surface area contributed by atoms with Crippen LogP contribution in [0, 0.1) is 0 Å². The van der Waals surface area contributed by atoms with Gasteiger partial charge in [-0.05, 0) is 30.9 Å². The monoisotopic (exact) mass is 389 g/mol. The first-order valence-electron chi connectivity index (χ1n) is 9.69. The van der Waals surface area contributed by atoms with Crippen LogP contribution in [-0.4, -0.2) is 72.3 Å². The topological polar surface area (TPSA) is 63.6 Å². The van der Waals surface area contributed by atoms with Crippen molar-refractivity contribution in [3.05, 3.63) is 29.7 Å². The van der Waals surface area contributed by atoms with Crippen LogP contribution in [0.15, 0.2) is 18.3 Å². The Bertz CT molecular complexity index is 726. The van der Waals surface area contributed by atoms with E-state index in [4.69, 9.17) is 14.5 Å².